The molecule has 0 unspecified atom stereocenters. The van der Waals surface area contributed by atoms with E-state index in [-0.39, 0.29) is 48.3 Å². The summed E-state index contributed by atoms with van der Waals surface area (Å²) in [6.45, 7) is 2.29. The second kappa shape index (κ2) is 11.6. The standard InChI is InChI=1S/C24H35ClFN3O4/c1-28-13-9-24(10-14-28)8-2-3-11-29(12-7-20(30)21(31)16-27-23(24)33)22(32)15-17-18(25)5-4-6-19(17)26/h4-6,20-21,30-31H,2-3,7-16H2,1H3,(H,27,33)/t20-,21+/m0/s1. The predicted molar refractivity (Wildman–Crippen MR) is 124 cm³/mol. The number of likely N-dealkylation sites (tertiary alicyclic amines) is 1. The van der Waals surface area contributed by atoms with E-state index in [2.05, 4.69) is 10.2 Å². The highest BCUT2D eigenvalue weighted by molar-refractivity contribution is 6.31. The Morgan fingerprint density at radius 2 is 1.88 bits per heavy atom. The van der Waals surface area contributed by atoms with Crippen molar-refractivity contribution in [2.24, 2.45) is 5.41 Å². The number of amides is 2. The topological polar surface area (TPSA) is 93.1 Å². The van der Waals surface area contributed by atoms with Crippen molar-refractivity contribution in [3.05, 3.63) is 34.6 Å². The lowest BCUT2D eigenvalue weighted by Gasteiger charge is -2.39. The number of aliphatic hydroxyl groups is 2. The van der Waals surface area contributed by atoms with Gasteiger partial charge in [0, 0.05) is 30.2 Å². The van der Waals surface area contributed by atoms with Gasteiger partial charge in [-0.2, -0.15) is 0 Å². The summed E-state index contributed by atoms with van der Waals surface area (Å²) in [5, 5.41) is 23.8. The van der Waals surface area contributed by atoms with Gasteiger partial charge in [-0.25, -0.2) is 4.39 Å². The molecule has 184 valence electrons. The minimum Gasteiger partial charge on any atom is -0.390 e. The van der Waals surface area contributed by atoms with Crippen LogP contribution in [0, 0.1) is 11.2 Å². The van der Waals surface area contributed by atoms with Gasteiger partial charge in [0.05, 0.1) is 24.0 Å². The lowest BCUT2D eigenvalue weighted by atomic mass is 9.73. The van der Waals surface area contributed by atoms with E-state index < -0.39 is 23.4 Å². The third kappa shape index (κ3) is 6.66. The molecule has 0 saturated carbocycles. The van der Waals surface area contributed by atoms with Gasteiger partial charge in [0.25, 0.3) is 0 Å². The number of carbonyl (C=O) groups is 2. The van der Waals surface area contributed by atoms with Gasteiger partial charge < -0.3 is 25.3 Å². The van der Waals surface area contributed by atoms with Gasteiger partial charge in [0.2, 0.25) is 11.8 Å². The summed E-state index contributed by atoms with van der Waals surface area (Å²) in [4.78, 5) is 29.9. The van der Waals surface area contributed by atoms with Crippen molar-refractivity contribution in [3.63, 3.8) is 0 Å². The summed E-state index contributed by atoms with van der Waals surface area (Å²) in [5.41, 5.74) is -0.339. The van der Waals surface area contributed by atoms with Crippen LogP contribution in [0.5, 0.6) is 0 Å². The van der Waals surface area contributed by atoms with Crippen LogP contribution in [-0.4, -0.2) is 83.8 Å². The van der Waals surface area contributed by atoms with E-state index in [1.54, 1.807) is 11.0 Å². The summed E-state index contributed by atoms with van der Waals surface area (Å²) >= 11 is 6.10. The molecule has 7 nitrogen and oxygen atoms in total. The van der Waals surface area contributed by atoms with E-state index in [0.717, 1.165) is 32.4 Å². The van der Waals surface area contributed by atoms with Gasteiger partial charge in [-0.05, 0) is 64.4 Å². The van der Waals surface area contributed by atoms with Gasteiger partial charge >= 0.3 is 0 Å². The van der Waals surface area contributed by atoms with Crippen LogP contribution in [0.15, 0.2) is 18.2 Å². The van der Waals surface area contributed by atoms with Crippen molar-refractivity contribution in [1.82, 2.24) is 15.1 Å². The van der Waals surface area contributed by atoms with Crippen LogP contribution in [0.25, 0.3) is 0 Å². The van der Waals surface area contributed by atoms with Crippen LogP contribution in [0.2, 0.25) is 5.02 Å². The van der Waals surface area contributed by atoms with Crippen LogP contribution in [0.1, 0.15) is 44.1 Å². The SMILES string of the molecule is CN1CCC2(CCCCN(C(=O)Cc3c(F)cccc3Cl)CC[C@H](O)[C@H](O)CNC2=O)CC1. The second-order valence-corrected chi connectivity index (χ2v) is 9.84. The van der Waals surface area contributed by atoms with Crippen LogP contribution in [0.4, 0.5) is 4.39 Å². The molecule has 2 heterocycles. The molecular weight excluding hydrogens is 449 g/mol. The number of halogens is 2. The zero-order chi connectivity index (χ0) is 24.0. The van der Waals surface area contributed by atoms with Crippen molar-refractivity contribution in [1.29, 1.82) is 0 Å². The fraction of sp³-hybridized carbons (Fsp3) is 0.667. The van der Waals surface area contributed by atoms with Gasteiger partial charge in [-0.3, -0.25) is 9.59 Å². The minimum absolute atomic E-state index is 0.0314. The zero-order valence-corrected chi connectivity index (χ0v) is 20.0. The van der Waals surface area contributed by atoms with Crippen molar-refractivity contribution in [2.75, 3.05) is 39.8 Å². The molecule has 2 atom stereocenters. The molecule has 0 aromatic heterocycles. The minimum atomic E-state index is -1.13. The Morgan fingerprint density at radius 3 is 2.58 bits per heavy atom. The van der Waals surface area contributed by atoms with Crippen molar-refractivity contribution >= 4 is 23.4 Å². The second-order valence-electron chi connectivity index (χ2n) is 9.43. The number of carbonyl (C=O) groups excluding carboxylic acids is 2. The molecule has 3 rings (SSSR count). The Balaban J connectivity index is 1.72. The largest absolute Gasteiger partial charge is 0.390 e. The van der Waals surface area contributed by atoms with Crippen molar-refractivity contribution < 1.29 is 24.2 Å². The van der Waals surface area contributed by atoms with E-state index in [1.807, 2.05) is 7.05 Å². The van der Waals surface area contributed by atoms with E-state index in [4.69, 9.17) is 11.6 Å². The van der Waals surface area contributed by atoms with Crippen LogP contribution >= 0.6 is 11.6 Å². The number of aliphatic hydroxyl groups excluding tert-OH is 2. The number of hydrogen-bond donors (Lipinski definition) is 3. The third-order valence-corrected chi connectivity index (χ3v) is 7.47. The summed E-state index contributed by atoms with van der Waals surface area (Å²) in [7, 11) is 2.04. The first-order valence-corrected chi connectivity index (χ1v) is 12.1. The fourth-order valence-corrected chi connectivity index (χ4v) is 4.96. The Bertz CT molecular complexity index is 812. The van der Waals surface area contributed by atoms with E-state index >= 15 is 0 Å². The Kier molecular flexibility index (Phi) is 9.09. The zero-order valence-electron chi connectivity index (χ0n) is 19.2. The summed E-state index contributed by atoms with van der Waals surface area (Å²) in [6, 6.07) is 4.33. The summed E-state index contributed by atoms with van der Waals surface area (Å²) in [6.07, 6.45) is 1.41. The van der Waals surface area contributed by atoms with Crippen LogP contribution < -0.4 is 5.32 Å². The van der Waals surface area contributed by atoms with Crippen LogP contribution in [0.3, 0.4) is 0 Å². The molecule has 3 N–H and O–H groups in total. The molecule has 0 radical (unpaired) electrons. The summed E-state index contributed by atoms with van der Waals surface area (Å²) in [5.74, 6) is -0.865. The normalized spacial score (nSPS) is 25.6. The van der Waals surface area contributed by atoms with Gasteiger partial charge in [-0.15, -0.1) is 0 Å². The number of β-amino-alcohol motifs (C(OH)–C–C–N with tert-alkyl or cyclic N) is 1. The molecule has 2 amide bonds. The average Bonchev–Trinajstić information content (AvgIpc) is 2.80. The number of nitrogens with zero attached hydrogens (tertiary/aromatic N) is 2. The molecule has 9 heteroatoms. The molecule has 2 saturated heterocycles. The average molecular weight is 484 g/mol. The first kappa shape index (κ1) is 25.9. The van der Waals surface area contributed by atoms with Crippen molar-refractivity contribution in [2.45, 2.75) is 57.2 Å². The maximum Gasteiger partial charge on any atom is 0.227 e. The predicted octanol–water partition coefficient (Wildman–Crippen LogP) is 1.97. The Labute approximate surface area is 199 Å². The Morgan fingerprint density at radius 1 is 1.15 bits per heavy atom. The molecule has 2 aliphatic heterocycles. The van der Waals surface area contributed by atoms with Crippen molar-refractivity contribution in [3.8, 4) is 0 Å². The molecule has 1 spiro atoms. The van der Waals surface area contributed by atoms with Gasteiger partial charge in [-0.1, -0.05) is 24.1 Å². The maximum absolute atomic E-state index is 14.2. The molecule has 2 fully saturated rings. The lowest BCUT2D eigenvalue weighted by molar-refractivity contribution is -0.135. The highest BCUT2D eigenvalue weighted by Gasteiger charge is 2.40. The third-order valence-electron chi connectivity index (χ3n) is 7.11. The first-order chi connectivity index (χ1) is 15.7. The monoisotopic (exact) mass is 483 g/mol. The molecule has 33 heavy (non-hydrogen) atoms. The van der Waals surface area contributed by atoms with E-state index in [0.29, 0.717) is 19.4 Å². The highest BCUT2D eigenvalue weighted by Crippen LogP contribution is 2.37. The lowest BCUT2D eigenvalue weighted by Crippen LogP contribution is -2.50. The smallest absolute Gasteiger partial charge is 0.227 e. The molecular formula is C24H35ClFN3O4. The number of benzene rings is 1. The first-order valence-electron chi connectivity index (χ1n) is 11.8. The fourth-order valence-electron chi connectivity index (χ4n) is 4.73. The number of nitrogens with one attached hydrogen (secondary N) is 1. The summed E-state index contributed by atoms with van der Waals surface area (Å²) < 4.78 is 14.2. The van der Waals surface area contributed by atoms with E-state index in [1.165, 1.54) is 12.1 Å². The maximum atomic E-state index is 14.2. The Hall–Kier alpha value is -1.74. The number of hydrogen-bond acceptors (Lipinski definition) is 5. The molecule has 2 aliphatic rings. The highest BCUT2D eigenvalue weighted by atomic mass is 35.5. The quantitative estimate of drug-likeness (QED) is 0.598. The molecule has 0 aliphatic carbocycles. The number of piperidine rings is 1. The molecule has 1 aromatic rings. The van der Waals surface area contributed by atoms with Gasteiger partial charge in [0.15, 0.2) is 0 Å². The van der Waals surface area contributed by atoms with Crippen LogP contribution in [-0.2, 0) is 16.0 Å². The molecule has 0 bridgehead atoms. The van der Waals surface area contributed by atoms with E-state index in [9.17, 15) is 24.2 Å². The number of rotatable bonds is 2. The van der Waals surface area contributed by atoms with Gasteiger partial charge in [0.1, 0.15) is 5.82 Å². The molecule has 1 aromatic carbocycles.